The predicted molar refractivity (Wildman–Crippen MR) is 48.8 cm³/mol. The number of rotatable bonds is 2. The summed E-state index contributed by atoms with van der Waals surface area (Å²) < 4.78 is 13.3. The molecule has 0 spiro atoms. The Bertz CT molecular complexity index is 318. The molecule has 1 unspecified atom stereocenters. The fourth-order valence-electron chi connectivity index (χ4n) is 1.54. The van der Waals surface area contributed by atoms with Crippen molar-refractivity contribution in [2.45, 2.75) is 25.9 Å². The van der Waals surface area contributed by atoms with Crippen LogP contribution in [0, 0.1) is 18.7 Å². The van der Waals surface area contributed by atoms with E-state index in [1.165, 1.54) is 6.07 Å². The highest BCUT2D eigenvalue weighted by Gasteiger charge is 2.32. The molecule has 1 atom stereocenters. The number of aliphatic hydroxyl groups is 1. The Balaban J connectivity index is 2.28. The molecule has 0 bridgehead atoms. The minimum Gasteiger partial charge on any atom is -0.388 e. The van der Waals surface area contributed by atoms with Crippen LogP contribution in [-0.4, -0.2) is 5.11 Å². The van der Waals surface area contributed by atoms with Crippen molar-refractivity contribution in [1.29, 1.82) is 0 Å². The fourth-order valence-corrected chi connectivity index (χ4v) is 1.54. The average Bonchev–Trinajstić information content (AvgIpc) is 2.85. The molecule has 0 aromatic heterocycles. The molecule has 0 radical (unpaired) electrons. The average molecular weight is 180 g/mol. The number of aliphatic hydroxyl groups excluding tert-OH is 1. The van der Waals surface area contributed by atoms with Gasteiger partial charge in [0.05, 0.1) is 6.10 Å². The Morgan fingerprint density at radius 1 is 1.46 bits per heavy atom. The number of benzene rings is 1. The van der Waals surface area contributed by atoms with Gasteiger partial charge in [-0.05, 0) is 37.3 Å². The first kappa shape index (κ1) is 8.70. The monoisotopic (exact) mass is 180 g/mol. The minimum atomic E-state index is -0.597. The zero-order valence-electron chi connectivity index (χ0n) is 7.63. The van der Waals surface area contributed by atoms with Crippen LogP contribution in [0.25, 0.3) is 0 Å². The van der Waals surface area contributed by atoms with Gasteiger partial charge in [-0.25, -0.2) is 4.39 Å². The maximum absolute atomic E-state index is 13.3. The highest BCUT2D eigenvalue weighted by Crippen LogP contribution is 2.41. The summed E-state index contributed by atoms with van der Waals surface area (Å²) in [6.07, 6.45) is 1.45. The van der Waals surface area contributed by atoms with Crippen LogP contribution >= 0.6 is 0 Å². The second kappa shape index (κ2) is 3.11. The van der Waals surface area contributed by atoms with Crippen LogP contribution in [-0.2, 0) is 0 Å². The van der Waals surface area contributed by atoms with Crippen LogP contribution in [0.2, 0.25) is 0 Å². The Morgan fingerprint density at radius 2 is 2.15 bits per heavy atom. The third kappa shape index (κ3) is 1.73. The van der Waals surface area contributed by atoms with Gasteiger partial charge in [0, 0.05) is 5.56 Å². The quantitative estimate of drug-likeness (QED) is 0.741. The van der Waals surface area contributed by atoms with E-state index in [-0.39, 0.29) is 11.7 Å². The van der Waals surface area contributed by atoms with Gasteiger partial charge in [0.2, 0.25) is 0 Å². The standard InChI is InChI=1S/C11H13FO/c1-7-2-5-9(10(12)6-7)11(13)8-3-4-8/h2,5-6,8,11,13H,3-4H2,1H3. The van der Waals surface area contributed by atoms with E-state index >= 15 is 0 Å². The van der Waals surface area contributed by atoms with Gasteiger partial charge in [0.25, 0.3) is 0 Å². The predicted octanol–water partition coefficient (Wildman–Crippen LogP) is 2.58. The molecule has 0 aliphatic heterocycles. The summed E-state index contributed by atoms with van der Waals surface area (Å²) >= 11 is 0. The van der Waals surface area contributed by atoms with Gasteiger partial charge in [-0.15, -0.1) is 0 Å². The molecule has 70 valence electrons. The summed E-state index contributed by atoms with van der Waals surface area (Å²) in [6, 6.07) is 5.00. The van der Waals surface area contributed by atoms with E-state index in [9.17, 15) is 9.50 Å². The normalized spacial score (nSPS) is 18.7. The lowest BCUT2D eigenvalue weighted by atomic mass is 10.0. The van der Waals surface area contributed by atoms with Gasteiger partial charge in [-0.3, -0.25) is 0 Å². The summed E-state index contributed by atoms with van der Waals surface area (Å²) in [5.41, 5.74) is 1.34. The van der Waals surface area contributed by atoms with Crippen LogP contribution in [0.4, 0.5) is 4.39 Å². The van der Waals surface area contributed by atoms with Gasteiger partial charge in [0.1, 0.15) is 5.82 Å². The number of hydrogen-bond donors (Lipinski definition) is 1. The molecule has 0 saturated heterocycles. The molecule has 2 rings (SSSR count). The van der Waals surface area contributed by atoms with Crippen LogP contribution in [0.3, 0.4) is 0 Å². The first-order valence-corrected chi connectivity index (χ1v) is 4.62. The smallest absolute Gasteiger partial charge is 0.129 e. The summed E-state index contributed by atoms with van der Waals surface area (Å²) in [5.74, 6) is 0.0107. The van der Waals surface area contributed by atoms with Gasteiger partial charge in [0.15, 0.2) is 0 Å². The summed E-state index contributed by atoms with van der Waals surface area (Å²) in [5, 5.41) is 9.69. The van der Waals surface area contributed by atoms with Gasteiger partial charge in [-0.2, -0.15) is 0 Å². The summed E-state index contributed by atoms with van der Waals surface area (Å²) in [7, 11) is 0. The molecule has 1 aromatic carbocycles. The molecule has 1 saturated carbocycles. The molecule has 1 nitrogen and oxygen atoms in total. The highest BCUT2D eigenvalue weighted by molar-refractivity contribution is 5.26. The molecular formula is C11H13FO. The number of hydrogen-bond acceptors (Lipinski definition) is 1. The zero-order chi connectivity index (χ0) is 9.42. The Hall–Kier alpha value is -0.890. The molecule has 13 heavy (non-hydrogen) atoms. The van der Waals surface area contributed by atoms with E-state index in [1.54, 1.807) is 6.07 Å². The van der Waals surface area contributed by atoms with Crippen molar-refractivity contribution in [2.24, 2.45) is 5.92 Å². The zero-order valence-corrected chi connectivity index (χ0v) is 7.63. The van der Waals surface area contributed by atoms with E-state index in [4.69, 9.17) is 0 Å². The summed E-state index contributed by atoms with van der Waals surface area (Å²) in [4.78, 5) is 0. The lowest BCUT2D eigenvalue weighted by Crippen LogP contribution is -2.02. The summed E-state index contributed by atoms with van der Waals surface area (Å²) in [6.45, 7) is 1.84. The Kier molecular flexibility index (Phi) is 2.08. The van der Waals surface area contributed by atoms with Crippen LogP contribution < -0.4 is 0 Å². The third-order valence-electron chi connectivity index (χ3n) is 2.54. The first-order valence-electron chi connectivity index (χ1n) is 4.62. The van der Waals surface area contributed by atoms with Crippen molar-refractivity contribution >= 4 is 0 Å². The lowest BCUT2D eigenvalue weighted by Gasteiger charge is -2.10. The van der Waals surface area contributed by atoms with Crippen molar-refractivity contribution < 1.29 is 9.50 Å². The largest absolute Gasteiger partial charge is 0.388 e. The van der Waals surface area contributed by atoms with Gasteiger partial charge >= 0.3 is 0 Å². The first-order chi connectivity index (χ1) is 6.18. The van der Waals surface area contributed by atoms with Gasteiger partial charge < -0.3 is 5.11 Å². The van der Waals surface area contributed by atoms with Crippen molar-refractivity contribution in [3.8, 4) is 0 Å². The SMILES string of the molecule is Cc1ccc(C(O)C2CC2)c(F)c1. The maximum Gasteiger partial charge on any atom is 0.129 e. The maximum atomic E-state index is 13.3. The molecular weight excluding hydrogens is 167 g/mol. The Morgan fingerprint density at radius 3 is 2.69 bits per heavy atom. The van der Waals surface area contributed by atoms with E-state index in [0.29, 0.717) is 5.56 Å². The second-order valence-electron chi connectivity index (χ2n) is 3.81. The van der Waals surface area contributed by atoms with Crippen LogP contribution in [0.5, 0.6) is 0 Å². The molecule has 1 fully saturated rings. The molecule has 0 heterocycles. The van der Waals surface area contributed by atoms with Crippen LogP contribution in [0.1, 0.15) is 30.1 Å². The van der Waals surface area contributed by atoms with Gasteiger partial charge in [-0.1, -0.05) is 12.1 Å². The fraction of sp³-hybridized carbons (Fsp3) is 0.455. The van der Waals surface area contributed by atoms with Crippen molar-refractivity contribution in [2.75, 3.05) is 0 Å². The molecule has 1 aliphatic rings. The van der Waals surface area contributed by atoms with Crippen LogP contribution in [0.15, 0.2) is 18.2 Å². The minimum absolute atomic E-state index is 0.278. The lowest BCUT2D eigenvalue weighted by molar-refractivity contribution is 0.149. The molecule has 1 aromatic rings. The molecule has 0 amide bonds. The molecule has 1 aliphatic carbocycles. The van der Waals surface area contributed by atoms with E-state index < -0.39 is 6.10 Å². The van der Waals surface area contributed by atoms with E-state index in [2.05, 4.69) is 0 Å². The van der Waals surface area contributed by atoms with Crippen molar-refractivity contribution in [3.63, 3.8) is 0 Å². The molecule has 1 N–H and O–H groups in total. The topological polar surface area (TPSA) is 20.2 Å². The third-order valence-corrected chi connectivity index (χ3v) is 2.54. The number of aryl methyl sites for hydroxylation is 1. The van der Waals surface area contributed by atoms with Crippen molar-refractivity contribution in [1.82, 2.24) is 0 Å². The Labute approximate surface area is 77.2 Å². The molecule has 2 heteroatoms. The highest BCUT2D eigenvalue weighted by atomic mass is 19.1. The van der Waals surface area contributed by atoms with E-state index in [1.807, 2.05) is 13.0 Å². The number of halogens is 1. The second-order valence-corrected chi connectivity index (χ2v) is 3.81. The van der Waals surface area contributed by atoms with Crippen molar-refractivity contribution in [3.05, 3.63) is 35.1 Å². The van der Waals surface area contributed by atoms with E-state index in [0.717, 1.165) is 18.4 Å².